The average Bonchev–Trinajstić information content (AvgIpc) is 3.41. The molecule has 0 aliphatic heterocycles. The van der Waals surface area contributed by atoms with E-state index in [1.807, 2.05) is 6.08 Å². The summed E-state index contributed by atoms with van der Waals surface area (Å²) in [5, 5.41) is 0. The molecule has 0 bridgehead atoms. The summed E-state index contributed by atoms with van der Waals surface area (Å²) in [7, 11) is 0. The molecule has 420 valence electrons. The van der Waals surface area contributed by atoms with Gasteiger partial charge in [-0.25, -0.2) is 0 Å². The molecule has 75 heavy (non-hydrogen) atoms. The van der Waals surface area contributed by atoms with Gasteiger partial charge in [0.1, 0.15) is 13.2 Å². The molecule has 0 aromatic heterocycles. The van der Waals surface area contributed by atoms with E-state index in [4.69, 9.17) is 14.2 Å². The maximum absolute atomic E-state index is 12.8. The first-order valence-electron chi connectivity index (χ1n) is 30.0. The van der Waals surface area contributed by atoms with E-state index >= 15 is 0 Å². The Morgan fingerprint density at radius 2 is 0.520 bits per heavy atom. The van der Waals surface area contributed by atoms with E-state index in [9.17, 15) is 14.4 Å². The Balaban J connectivity index is 4.36. The molecule has 0 saturated carbocycles. The smallest absolute Gasteiger partial charge is 0.310 e. The van der Waals surface area contributed by atoms with Crippen LogP contribution in [0.2, 0.25) is 0 Å². The zero-order valence-electron chi connectivity index (χ0n) is 48.0. The summed E-state index contributed by atoms with van der Waals surface area (Å²) in [5.74, 6) is -1.10. The highest BCUT2D eigenvalue weighted by Gasteiger charge is 2.19. The third-order valence-electron chi connectivity index (χ3n) is 12.0. The minimum absolute atomic E-state index is 0.0838. The summed E-state index contributed by atoms with van der Waals surface area (Å²) in [6, 6.07) is 0. The second-order valence-corrected chi connectivity index (χ2v) is 19.1. The minimum Gasteiger partial charge on any atom is -0.462 e. The number of ether oxygens (including phenoxy) is 3. The number of hydrogen-bond donors (Lipinski definition) is 0. The zero-order valence-corrected chi connectivity index (χ0v) is 48.0. The van der Waals surface area contributed by atoms with Gasteiger partial charge in [0.15, 0.2) is 6.10 Å². The van der Waals surface area contributed by atoms with E-state index in [1.54, 1.807) is 6.08 Å². The standard InChI is InChI=1S/C69H108O6/c1-4-7-10-13-16-19-22-25-27-28-29-30-31-32-33-34-35-36-37-38-39-40-42-44-47-50-53-56-59-62-68(71)74-65-66(64-73-67(70)61-58-55-52-49-46-43-24-21-18-15-12-9-6-3)75-69(72)63-60-57-54-51-48-45-41-26-23-20-17-14-11-8-5-2/h7-12,16-21,25-27,29-30,32-33,41,43,46,48,51,57,60,66H,4-6,13-15,22-24,28,31,34-40,42,44-45,47,49-50,52-56,58-59,61-65H2,1-3H3/b10-7-,11-8-,12-9-,19-16-,20-17-,21-18-,27-25-,30-29-,33-32-,41-26-,46-43-,51-48-,60-57-. The van der Waals surface area contributed by atoms with Crippen LogP contribution in [0.25, 0.3) is 0 Å². The highest BCUT2D eigenvalue weighted by Crippen LogP contribution is 2.15. The second kappa shape index (κ2) is 61.6. The van der Waals surface area contributed by atoms with Crippen LogP contribution in [0.15, 0.2) is 158 Å². The Morgan fingerprint density at radius 1 is 0.280 bits per heavy atom. The van der Waals surface area contributed by atoms with Crippen LogP contribution in [0.1, 0.15) is 239 Å². The predicted octanol–water partition coefficient (Wildman–Crippen LogP) is 20.5. The molecule has 1 unspecified atom stereocenters. The zero-order chi connectivity index (χ0) is 54.3. The minimum atomic E-state index is -0.852. The molecule has 0 spiro atoms. The quantitative estimate of drug-likeness (QED) is 0.0261. The molecule has 0 aromatic rings. The number of carbonyl (C=O) groups excluding carboxylic acids is 3. The fourth-order valence-electron chi connectivity index (χ4n) is 7.68. The average molecular weight is 1030 g/mol. The van der Waals surface area contributed by atoms with E-state index in [1.165, 1.54) is 70.6 Å². The SMILES string of the molecule is CC/C=C\C/C=C\C/C=C\C/C=C\C/C=C\CCCCCCCCCCCCCCCC(=O)OCC(COC(=O)CCCCC/C=C\C/C=C\C/C=C\CC)OC(=O)C/C=C\C/C=C\C/C=C\C/C=C\C/C=C\CC. The first-order valence-corrected chi connectivity index (χ1v) is 30.0. The van der Waals surface area contributed by atoms with E-state index in [0.29, 0.717) is 19.3 Å². The van der Waals surface area contributed by atoms with Gasteiger partial charge < -0.3 is 14.2 Å². The summed E-state index contributed by atoms with van der Waals surface area (Å²) in [6.07, 6.45) is 90.0. The van der Waals surface area contributed by atoms with Crippen molar-refractivity contribution < 1.29 is 28.6 Å². The molecule has 0 aliphatic rings. The number of unbranched alkanes of at least 4 members (excludes halogenated alkanes) is 16. The maximum Gasteiger partial charge on any atom is 0.310 e. The molecule has 0 amide bonds. The monoisotopic (exact) mass is 1030 g/mol. The molecule has 0 saturated heterocycles. The van der Waals surface area contributed by atoms with E-state index in [-0.39, 0.29) is 31.6 Å². The van der Waals surface area contributed by atoms with E-state index in [0.717, 1.165) is 122 Å². The Morgan fingerprint density at radius 3 is 0.827 bits per heavy atom. The van der Waals surface area contributed by atoms with Gasteiger partial charge in [0, 0.05) is 12.8 Å². The van der Waals surface area contributed by atoms with Crippen LogP contribution in [-0.4, -0.2) is 37.2 Å². The van der Waals surface area contributed by atoms with Crippen molar-refractivity contribution in [3.63, 3.8) is 0 Å². The molecule has 0 fully saturated rings. The molecule has 1 atom stereocenters. The fraction of sp³-hybridized carbons (Fsp3) is 0.580. The largest absolute Gasteiger partial charge is 0.462 e. The number of rotatable bonds is 52. The molecule has 0 aromatic carbocycles. The predicted molar refractivity (Wildman–Crippen MR) is 325 cm³/mol. The van der Waals surface area contributed by atoms with Crippen molar-refractivity contribution in [2.45, 2.75) is 245 Å². The molecule has 0 rings (SSSR count). The lowest BCUT2D eigenvalue weighted by atomic mass is 10.0. The first kappa shape index (κ1) is 70.0. The van der Waals surface area contributed by atoms with Gasteiger partial charge in [-0.1, -0.05) is 256 Å². The first-order chi connectivity index (χ1) is 37.0. The molecule has 0 radical (unpaired) electrons. The molecule has 0 heterocycles. The van der Waals surface area contributed by atoms with Gasteiger partial charge in [0.25, 0.3) is 0 Å². The normalized spacial score (nSPS) is 13.3. The van der Waals surface area contributed by atoms with Crippen molar-refractivity contribution in [1.29, 1.82) is 0 Å². The van der Waals surface area contributed by atoms with Gasteiger partial charge >= 0.3 is 17.9 Å². The van der Waals surface area contributed by atoms with Crippen LogP contribution >= 0.6 is 0 Å². The highest BCUT2D eigenvalue weighted by atomic mass is 16.6. The maximum atomic E-state index is 12.8. The van der Waals surface area contributed by atoms with E-state index < -0.39 is 12.1 Å². The molecule has 6 heteroatoms. The third-order valence-corrected chi connectivity index (χ3v) is 12.0. The van der Waals surface area contributed by atoms with Crippen molar-refractivity contribution in [1.82, 2.24) is 0 Å². The van der Waals surface area contributed by atoms with Gasteiger partial charge in [0.05, 0.1) is 6.42 Å². The van der Waals surface area contributed by atoms with E-state index in [2.05, 4.69) is 167 Å². The van der Waals surface area contributed by atoms with Gasteiger partial charge in [0.2, 0.25) is 0 Å². The molecule has 0 aliphatic carbocycles. The fourth-order valence-corrected chi connectivity index (χ4v) is 7.68. The number of hydrogen-bond acceptors (Lipinski definition) is 6. The Bertz CT molecular complexity index is 1710. The topological polar surface area (TPSA) is 78.9 Å². The number of allylic oxidation sites excluding steroid dienone is 25. The van der Waals surface area contributed by atoms with Crippen molar-refractivity contribution in [3.05, 3.63) is 158 Å². The van der Waals surface area contributed by atoms with Gasteiger partial charge in [-0.15, -0.1) is 0 Å². The van der Waals surface area contributed by atoms with Crippen LogP contribution in [0.3, 0.4) is 0 Å². The third kappa shape index (κ3) is 59.8. The van der Waals surface area contributed by atoms with Crippen LogP contribution in [0.4, 0.5) is 0 Å². The lowest BCUT2D eigenvalue weighted by molar-refractivity contribution is -0.166. The number of esters is 3. The van der Waals surface area contributed by atoms with Gasteiger partial charge in [-0.05, 0) is 122 Å². The van der Waals surface area contributed by atoms with Crippen molar-refractivity contribution in [2.75, 3.05) is 13.2 Å². The van der Waals surface area contributed by atoms with Crippen molar-refractivity contribution >= 4 is 17.9 Å². The Kier molecular flexibility index (Phi) is 57.5. The van der Waals surface area contributed by atoms with Crippen LogP contribution in [-0.2, 0) is 28.6 Å². The highest BCUT2D eigenvalue weighted by molar-refractivity contribution is 5.72. The van der Waals surface area contributed by atoms with Crippen LogP contribution in [0, 0.1) is 0 Å². The van der Waals surface area contributed by atoms with Crippen LogP contribution in [0.5, 0.6) is 0 Å². The van der Waals surface area contributed by atoms with Crippen molar-refractivity contribution in [2.24, 2.45) is 0 Å². The Labute approximate surface area is 460 Å². The number of carbonyl (C=O) groups is 3. The molecular weight excluding hydrogens is 925 g/mol. The summed E-state index contributed by atoms with van der Waals surface area (Å²) < 4.78 is 16.7. The lowest BCUT2D eigenvalue weighted by Crippen LogP contribution is -2.30. The van der Waals surface area contributed by atoms with Gasteiger partial charge in [-0.2, -0.15) is 0 Å². The molecule has 6 nitrogen and oxygen atoms in total. The summed E-state index contributed by atoms with van der Waals surface area (Å²) in [6.45, 7) is 6.17. The van der Waals surface area contributed by atoms with Gasteiger partial charge in [-0.3, -0.25) is 14.4 Å². The lowest BCUT2D eigenvalue weighted by Gasteiger charge is -2.18. The summed E-state index contributed by atoms with van der Waals surface area (Å²) in [4.78, 5) is 38.1. The van der Waals surface area contributed by atoms with Crippen molar-refractivity contribution in [3.8, 4) is 0 Å². The van der Waals surface area contributed by atoms with Crippen LogP contribution < -0.4 is 0 Å². The summed E-state index contributed by atoms with van der Waals surface area (Å²) in [5.41, 5.74) is 0. The Hall–Kier alpha value is -4.97. The summed E-state index contributed by atoms with van der Waals surface area (Å²) >= 11 is 0. The molecular formula is C69H108O6. The second-order valence-electron chi connectivity index (χ2n) is 19.1. The molecule has 0 N–H and O–H groups in total.